The molecule has 5 rings (SSSR count). The van der Waals surface area contributed by atoms with E-state index in [9.17, 15) is 9.59 Å². The zero-order valence-electron chi connectivity index (χ0n) is 14.7. The zero-order chi connectivity index (χ0) is 18.6. The van der Waals surface area contributed by atoms with Crippen LogP contribution in [0.3, 0.4) is 0 Å². The van der Waals surface area contributed by atoms with Gasteiger partial charge in [0.05, 0.1) is 12.7 Å². The molecule has 3 aliphatic rings. The van der Waals surface area contributed by atoms with Gasteiger partial charge < -0.3 is 9.64 Å². The molecule has 3 aliphatic heterocycles. The first-order chi connectivity index (χ1) is 13.1. The number of rotatable bonds is 3. The number of amides is 1. The number of fused-ring (bicyclic) bond motifs is 1. The second-order valence-electron chi connectivity index (χ2n) is 6.64. The molecule has 0 radical (unpaired) electrons. The van der Waals surface area contributed by atoms with Crippen molar-refractivity contribution in [1.82, 2.24) is 4.90 Å². The van der Waals surface area contributed by atoms with E-state index >= 15 is 0 Å². The number of ether oxygens (including phenoxy) is 1. The SMILES string of the molecule is COC(=O)C1=C(c2ccccc2)C2(c3ccccc3)SC13SCCN3C2=O. The van der Waals surface area contributed by atoms with Gasteiger partial charge >= 0.3 is 5.97 Å². The van der Waals surface area contributed by atoms with Crippen LogP contribution in [0.15, 0.2) is 66.2 Å². The van der Waals surface area contributed by atoms with Crippen LogP contribution in [-0.4, -0.2) is 40.4 Å². The van der Waals surface area contributed by atoms with E-state index in [4.69, 9.17) is 4.74 Å². The monoisotopic (exact) mass is 395 g/mol. The fourth-order valence-corrected chi connectivity index (χ4v) is 8.13. The number of carbonyl (C=O) groups is 2. The molecule has 2 aromatic carbocycles. The molecule has 2 saturated heterocycles. The third-order valence-corrected chi connectivity index (χ3v) is 8.78. The Bertz CT molecular complexity index is 975. The predicted octanol–water partition coefficient (Wildman–Crippen LogP) is 3.50. The summed E-state index contributed by atoms with van der Waals surface area (Å²) < 4.78 is 3.58. The van der Waals surface area contributed by atoms with Crippen LogP contribution in [0, 0.1) is 0 Å². The Kier molecular flexibility index (Phi) is 3.71. The number of benzene rings is 2. The van der Waals surface area contributed by atoms with Crippen molar-refractivity contribution in [3.05, 3.63) is 77.4 Å². The van der Waals surface area contributed by atoms with E-state index in [1.807, 2.05) is 65.6 Å². The molecule has 3 heterocycles. The molecular formula is C21H17NO3S2. The van der Waals surface area contributed by atoms with Gasteiger partial charge in [0.25, 0.3) is 0 Å². The first kappa shape index (κ1) is 17.0. The maximum atomic E-state index is 13.7. The Morgan fingerprint density at radius 2 is 1.74 bits per heavy atom. The van der Waals surface area contributed by atoms with Gasteiger partial charge in [-0.25, -0.2) is 4.79 Å². The summed E-state index contributed by atoms with van der Waals surface area (Å²) in [6.45, 7) is 0.646. The minimum Gasteiger partial charge on any atom is -0.466 e. The summed E-state index contributed by atoms with van der Waals surface area (Å²) in [5.74, 6) is 0.521. The largest absolute Gasteiger partial charge is 0.466 e. The van der Waals surface area contributed by atoms with E-state index in [0.29, 0.717) is 12.1 Å². The summed E-state index contributed by atoms with van der Waals surface area (Å²) in [4.78, 5) is 28.5. The van der Waals surface area contributed by atoms with Gasteiger partial charge in [-0.05, 0) is 11.1 Å². The third kappa shape index (κ3) is 2.03. The summed E-state index contributed by atoms with van der Waals surface area (Å²) in [7, 11) is 1.41. The smallest absolute Gasteiger partial charge is 0.338 e. The van der Waals surface area contributed by atoms with Gasteiger partial charge in [0.1, 0.15) is 4.75 Å². The number of carbonyl (C=O) groups excluding carboxylic acids is 2. The second-order valence-corrected chi connectivity index (χ2v) is 9.60. The average molecular weight is 396 g/mol. The molecule has 4 nitrogen and oxygen atoms in total. The van der Waals surface area contributed by atoms with Crippen molar-refractivity contribution in [2.75, 3.05) is 19.4 Å². The van der Waals surface area contributed by atoms with E-state index in [0.717, 1.165) is 22.5 Å². The minimum absolute atomic E-state index is 0.0650. The van der Waals surface area contributed by atoms with Gasteiger partial charge in [0, 0.05) is 17.9 Å². The first-order valence-electron chi connectivity index (χ1n) is 8.76. The molecular weight excluding hydrogens is 378 g/mol. The highest BCUT2D eigenvalue weighted by molar-refractivity contribution is 8.20. The van der Waals surface area contributed by atoms with Crippen LogP contribution < -0.4 is 0 Å². The topological polar surface area (TPSA) is 46.6 Å². The molecule has 2 aromatic rings. The van der Waals surface area contributed by atoms with Crippen molar-refractivity contribution in [2.24, 2.45) is 0 Å². The van der Waals surface area contributed by atoms with Gasteiger partial charge in [0.2, 0.25) is 5.91 Å². The van der Waals surface area contributed by atoms with Crippen LogP contribution in [0.4, 0.5) is 0 Å². The lowest BCUT2D eigenvalue weighted by Gasteiger charge is -2.35. The van der Waals surface area contributed by atoms with Crippen LogP contribution in [0.1, 0.15) is 11.1 Å². The van der Waals surface area contributed by atoms with Crippen LogP contribution in [0.25, 0.3) is 5.57 Å². The fourth-order valence-electron chi connectivity index (χ4n) is 4.30. The Hall–Kier alpha value is -2.18. The number of hydrogen-bond acceptors (Lipinski definition) is 5. The molecule has 2 atom stereocenters. The van der Waals surface area contributed by atoms with Gasteiger partial charge in [-0.3, -0.25) is 4.79 Å². The van der Waals surface area contributed by atoms with Crippen LogP contribution >= 0.6 is 23.5 Å². The number of nitrogens with zero attached hydrogens (tertiary/aromatic N) is 1. The molecule has 1 spiro atoms. The molecule has 2 unspecified atom stereocenters. The lowest BCUT2D eigenvalue weighted by atomic mass is 9.79. The molecule has 6 heteroatoms. The van der Waals surface area contributed by atoms with Crippen LogP contribution in [0.2, 0.25) is 0 Å². The third-order valence-electron chi connectivity index (χ3n) is 5.36. The summed E-state index contributed by atoms with van der Waals surface area (Å²) in [5.41, 5.74) is 3.19. The number of esters is 1. The highest BCUT2D eigenvalue weighted by Gasteiger charge is 2.73. The molecule has 0 aromatic heterocycles. The maximum Gasteiger partial charge on any atom is 0.338 e. The lowest BCUT2D eigenvalue weighted by molar-refractivity contribution is -0.137. The zero-order valence-corrected chi connectivity index (χ0v) is 16.3. The molecule has 0 aliphatic carbocycles. The van der Waals surface area contributed by atoms with Crippen molar-refractivity contribution >= 4 is 41.0 Å². The Balaban J connectivity index is 1.88. The Labute approximate surface area is 166 Å². The van der Waals surface area contributed by atoms with Gasteiger partial charge in [-0.2, -0.15) is 0 Å². The summed E-state index contributed by atoms with van der Waals surface area (Å²) in [6.07, 6.45) is 0. The molecule has 27 heavy (non-hydrogen) atoms. The molecule has 0 N–H and O–H groups in total. The molecule has 136 valence electrons. The summed E-state index contributed by atoms with van der Waals surface area (Å²) in [5, 5.41) is 0. The van der Waals surface area contributed by atoms with Gasteiger partial charge in [-0.15, -0.1) is 11.8 Å². The summed E-state index contributed by atoms with van der Waals surface area (Å²) in [6, 6.07) is 19.5. The maximum absolute atomic E-state index is 13.7. The van der Waals surface area contributed by atoms with E-state index in [1.54, 1.807) is 23.5 Å². The quantitative estimate of drug-likeness (QED) is 0.745. The van der Waals surface area contributed by atoms with Crippen LogP contribution in [0.5, 0.6) is 0 Å². The van der Waals surface area contributed by atoms with Crippen molar-refractivity contribution in [3.63, 3.8) is 0 Å². The average Bonchev–Trinajstić information content (AvgIpc) is 3.35. The normalized spacial score (nSPS) is 28.6. The van der Waals surface area contributed by atoms with Crippen LogP contribution in [-0.2, 0) is 19.1 Å². The lowest BCUT2D eigenvalue weighted by Crippen LogP contribution is -2.48. The fraction of sp³-hybridized carbons (Fsp3) is 0.238. The second kappa shape index (κ2) is 5.91. The highest BCUT2D eigenvalue weighted by Crippen LogP contribution is 2.74. The standard InChI is InChI=1S/C21H17NO3S2/c1-25-18(23)17-16(14-8-4-2-5-9-14)20(15-10-6-3-7-11-15)19(24)22-12-13-26-21(17,22)27-20/h2-11H,12-13H2,1H3. The summed E-state index contributed by atoms with van der Waals surface area (Å²) >= 11 is 3.24. The van der Waals surface area contributed by atoms with Crippen molar-refractivity contribution in [3.8, 4) is 0 Å². The molecule has 1 amide bonds. The molecule has 2 bridgehead atoms. The number of thioether (sulfide) groups is 2. The van der Waals surface area contributed by atoms with Crippen molar-refractivity contribution in [1.29, 1.82) is 0 Å². The molecule has 0 saturated carbocycles. The van der Waals surface area contributed by atoms with E-state index in [1.165, 1.54) is 7.11 Å². The van der Waals surface area contributed by atoms with E-state index in [-0.39, 0.29) is 11.9 Å². The molecule has 2 fully saturated rings. The van der Waals surface area contributed by atoms with E-state index < -0.39 is 8.95 Å². The Morgan fingerprint density at radius 1 is 1.07 bits per heavy atom. The minimum atomic E-state index is -0.917. The van der Waals surface area contributed by atoms with Gasteiger partial charge in [0.15, 0.2) is 4.20 Å². The Morgan fingerprint density at radius 3 is 2.41 bits per heavy atom. The van der Waals surface area contributed by atoms with E-state index in [2.05, 4.69) is 0 Å². The first-order valence-corrected chi connectivity index (χ1v) is 10.6. The predicted molar refractivity (Wildman–Crippen MR) is 108 cm³/mol. The van der Waals surface area contributed by atoms with Crippen molar-refractivity contribution < 1.29 is 14.3 Å². The highest BCUT2D eigenvalue weighted by atomic mass is 32.2. The van der Waals surface area contributed by atoms with Gasteiger partial charge in [-0.1, -0.05) is 72.4 Å². The number of methoxy groups -OCH3 is 1. The van der Waals surface area contributed by atoms with Crippen molar-refractivity contribution in [2.45, 2.75) is 8.95 Å². The number of hydrogen-bond donors (Lipinski definition) is 0.